The van der Waals surface area contributed by atoms with E-state index in [9.17, 15) is 9.90 Å². The molecule has 0 spiro atoms. The van der Waals surface area contributed by atoms with Crippen LogP contribution in [0.5, 0.6) is 0 Å². The molecule has 0 aromatic carbocycles. The Morgan fingerprint density at radius 3 is 2.57 bits per heavy atom. The molecule has 0 heterocycles. The van der Waals surface area contributed by atoms with E-state index in [-0.39, 0.29) is 24.5 Å². The molecule has 0 fully saturated rings. The summed E-state index contributed by atoms with van der Waals surface area (Å²) in [5, 5.41) is 15.1. The lowest BCUT2D eigenvalue weighted by atomic mass is 10.1. The molecule has 0 rings (SSSR count). The van der Waals surface area contributed by atoms with Gasteiger partial charge in [0.2, 0.25) is 5.91 Å². The van der Waals surface area contributed by atoms with Crippen LogP contribution >= 0.6 is 0 Å². The van der Waals surface area contributed by atoms with E-state index < -0.39 is 0 Å². The standard InChI is InChI=1S/C10H22N2O2/c1-4-5-12-10(14)7-11-6-9(13)8(2)3/h8-9,11,13H,4-7H2,1-3H3,(H,12,14). The summed E-state index contributed by atoms with van der Waals surface area (Å²) in [6, 6.07) is 0. The predicted octanol–water partition coefficient (Wildman–Crippen LogP) is 0.119. The lowest BCUT2D eigenvalue weighted by molar-refractivity contribution is -0.120. The topological polar surface area (TPSA) is 61.4 Å². The van der Waals surface area contributed by atoms with Crippen molar-refractivity contribution in [2.24, 2.45) is 5.92 Å². The maximum atomic E-state index is 11.1. The fourth-order valence-electron chi connectivity index (χ4n) is 0.896. The Bertz CT molecular complexity index is 160. The summed E-state index contributed by atoms with van der Waals surface area (Å²) in [7, 11) is 0. The molecule has 0 saturated carbocycles. The number of hydrogen-bond acceptors (Lipinski definition) is 3. The fraction of sp³-hybridized carbons (Fsp3) is 0.900. The maximum absolute atomic E-state index is 11.1. The Balaban J connectivity index is 3.39. The van der Waals surface area contributed by atoms with Crippen molar-refractivity contribution in [2.45, 2.75) is 33.3 Å². The van der Waals surface area contributed by atoms with Crippen molar-refractivity contribution in [3.63, 3.8) is 0 Å². The van der Waals surface area contributed by atoms with Crippen LogP contribution in [0.15, 0.2) is 0 Å². The van der Waals surface area contributed by atoms with E-state index in [4.69, 9.17) is 0 Å². The van der Waals surface area contributed by atoms with Gasteiger partial charge >= 0.3 is 0 Å². The summed E-state index contributed by atoms with van der Waals surface area (Å²) in [5.74, 6) is 0.212. The zero-order valence-corrected chi connectivity index (χ0v) is 9.34. The fourth-order valence-corrected chi connectivity index (χ4v) is 0.896. The van der Waals surface area contributed by atoms with Crippen molar-refractivity contribution in [1.82, 2.24) is 10.6 Å². The summed E-state index contributed by atoms with van der Waals surface area (Å²) in [4.78, 5) is 11.1. The van der Waals surface area contributed by atoms with E-state index in [0.29, 0.717) is 13.1 Å². The van der Waals surface area contributed by atoms with Crippen molar-refractivity contribution in [1.29, 1.82) is 0 Å². The number of carbonyl (C=O) groups excluding carboxylic acids is 1. The molecule has 14 heavy (non-hydrogen) atoms. The minimum absolute atomic E-state index is 0.0113. The summed E-state index contributed by atoms with van der Waals surface area (Å²) < 4.78 is 0. The first-order chi connectivity index (χ1) is 6.57. The molecule has 4 nitrogen and oxygen atoms in total. The van der Waals surface area contributed by atoms with Crippen LogP contribution in [0.3, 0.4) is 0 Å². The first-order valence-electron chi connectivity index (χ1n) is 5.23. The van der Waals surface area contributed by atoms with Crippen molar-refractivity contribution < 1.29 is 9.90 Å². The quantitative estimate of drug-likeness (QED) is 0.549. The second-order valence-corrected chi connectivity index (χ2v) is 3.79. The van der Waals surface area contributed by atoms with Gasteiger partial charge in [-0.05, 0) is 12.3 Å². The average Bonchev–Trinajstić information content (AvgIpc) is 2.14. The lowest BCUT2D eigenvalue weighted by Gasteiger charge is -2.14. The van der Waals surface area contributed by atoms with Crippen LogP contribution in [0.25, 0.3) is 0 Å². The van der Waals surface area contributed by atoms with Crippen LogP contribution in [-0.2, 0) is 4.79 Å². The second kappa shape index (κ2) is 7.76. The highest BCUT2D eigenvalue weighted by atomic mass is 16.3. The normalized spacial score (nSPS) is 12.9. The number of nitrogens with one attached hydrogen (secondary N) is 2. The Kier molecular flexibility index (Phi) is 7.42. The highest BCUT2D eigenvalue weighted by molar-refractivity contribution is 5.77. The maximum Gasteiger partial charge on any atom is 0.233 e. The third-order valence-electron chi connectivity index (χ3n) is 1.98. The molecule has 0 aliphatic carbocycles. The van der Waals surface area contributed by atoms with Crippen molar-refractivity contribution in [3.8, 4) is 0 Å². The minimum atomic E-state index is -0.381. The van der Waals surface area contributed by atoms with Crippen molar-refractivity contribution >= 4 is 5.91 Å². The monoisotopic (exact) mass is 202 g/mol. The van der Waals surface area contributed by atoms with Crippen molar-refractivity contribution in [3.05, 3.63) is 0 Å². The van der Waals surface area contributed by atoms with E-state index in [0.717, 1.165) is 6.42 Å². The summed E-state index contributed by atoms with van der Waals surface area (Å²) in [6.07, 6.45) is 0.564. The van der Waals surface area contributed by atoms with Gasteiger partial charge in [-0.3, -0.25) is 4.79 Å². The van der Waals surface area contributed by atoms with Crippen LogP contribution in [0.1, 0.15) is 27.2 Å². The number of aliphatic hydroxyl groups is 1. The third kappa shape index (κ3) is 6.86. The second-order valence-electron chi connectivity index (χ2n) is 3.79. The number of amides is 1. The van der Waals surface area contributed by atoms with Crippen molar-refractivity contribution in [2.75, 3.05) is 19.6 Å². The van der Waals surface area contributed by atoms with Gasteiger partial charge in [0, 0.05) is 13.1 Å². The molecule has 1 atom stereocenters. The molecular formula is C10H22N2O2. The largest absolute Gasteiger partial charge is 0.392 e. The van der Waals surface area contributed by atoms with Crippen LogP contribution in [-0.4, -0.2) is 36.8 Å². The molecule has 1 unspecified atom stereocenters. The third-order valence-corrected chi connectivity index (χ3v) is 1.98. The molecule has 0 aliphatic rings. The molecule has 0 aromatic rings. The number of rotatable bonds is 7. The molecule has 0 radical (unpaired) electrons. The first-order valence-corrected chi connectivity index (χ1v) is 5.23. The van der Waals surface area contributed by atoms with Gasteiger partial charge in [-0.25, -0.2) is 0 Å². The Morgan fingerprint density at radius 1 is 1.43 bits per heavy atom. The number of hydrogen-bond donors (Lipinski definition) is 3. The number of carbonyl (C=O) groups is 1. The van der Waals surface area contributed by atoms with Crippen LogP contribution in [0, 0.1) is 5.92 Å². The Labute approximate surface area is 86.1 Å². The minimum Gasteiger partial charge on any atom is -0.392 e. The van der Waals surface area contributed by atoms with Gasteiger partial charge in [-0.15, -0.1) is 0 Å². The van der Waals surface area contributed by atoms with E-state index in [2.05, 4.69) is 10.6 Å². The highest BCUT2D eigenvalue weighted by Crippen LogP contribution is 1.98. The van der Waals surface area contributed by atoms with Gasteiger partial charge in [-0.1, -0.05) is 20.8 Å². The molecule has 1 amide bonds. The molecular weight excluding hydrogens is 180 g/mol. The van der Waals surface area contributed by atoms with Gasteiger partial charge in [-0.2, -0.15) is 0 Å². The summed E-state index contributed by atoms with van der Waals surface area (Å²) in [6.45, 7) is 7.37. The van der Waals surface area contributed by atoms with Crippen LogP contribution in [0.4, 0.5) is 0 Å². The molecule has 84 valence electrons. The number of aliphatic hydroxyl groups excluding tert-OH is 1. The van der Waals surface area contributed by atoms with E-state index >= 15 is 0 Å². The smallest absolute Gasteiger partial charge is 0.233 e. The lowest BCUT2D eigenvalue weighted by Crippen LogP contribution is -2.38. The molecule has 0 aliphatic heterocycles. The molecule has 4 heteroatoms. The summed E-state index contributed by atoms with van der Waals surface area (Å²) in [5.41, 5.74) is 0. The molecule has 0 saturated heterocycles. The van der Waals surface area contributed by atoms with Gasteiger partial charge in [0.1, 0.15) is 0 Å². The zero-order valence-electron chi connectivity index (χ0n) is 9.34. The van der Waals surface area contributed by atoms with E-state index in [1.165, 1.54) is 0 Å². The van der Waals surface area contributed by atoms with Gasteiger partial charge < -0.3 is 15.7 Å². The zero-order chi connectivity index (χ0) is 11.0. The van der Waals surface area contributed by atoms with Crippen LogP contribution in [0.2, 0.25) is 0 Å². The summed E-state index contributed by atoms with van der Waals surface area (Å²) >= 11 is 0. The predicted molar refractivity (Wildman–Crippen MR) is 57.0 cm³/mol. The van der Waals surface area contributed by atoms with E-state index in [1.54, 1.807) is 0 Å². The Hall–Kier alpha value is -0.610. The highest BCUT2D eigenvalue weighted by Gasteiger charge is 2.08. The van der Waals surface area contributed by atoms with Gasteiger partial charge in [0.05, 0.1) is 12.6 Å². The van der Waals surface area contributed by atoms with E-state index in [1.807, 2.05) is 20.8 Å². The molecule has 3 N–H and O–H groups in total. The molecule has 0 bridgehead atoms. The first kappa shape index (κ1) is 13.4. The SMILES string of the molecule is CCCNC(=O)CNCC(O)C(C)C. The van der Waals surface area contributed by atoms with Gasteiger partial charge in [0.25, 0.3) is 0 Å². The molecule has 0 aromatic heterocycles. The van der Waals surface area contributed by atoms with Crippen LogP contribution < -0.4 is 10.6 Å². The average molecular weight is 202 g/mol. The van der Waals surface area contributed by atoms with Gasteiger partial charge in [0.15, 0.2) is 0 Å². The Morgan fingerprint density at radius 2 is 2.07 bits per heavy atom.